The predicted octanol–water partition coefficient (Wildman–Crippen LogP) is 2.60. The van der Waals surface area contributed by atoms with Crippen LogP contribution in [0, 0.1) is 6.92 Å². The summed E-state index contributed by atoms with van der Waals surface area (Å²) < 4.78 is 6.32. The van der Waals surface area contributed by atoms with Crippen LogP contribution in [0.1, 0.15) is 35.1 Å². The second kappa shape index (κ2) is 3.83. The maximum absolute atomic E-state index is 6.32. The molecular weight excluding hydrogens is 218 g/mol. The Labute approximate surface area is 101 Å². The van der Waals surface area contributed by atoms with Crippen LogP contribution < -0.4 is 5.32 Å². The monoisotopic (exact) mass is 237 g/mol. The molecule has 0 saturated carbocycles. The lowest BCUT2D eigenvalue weighted by Crippen LogP contribution is -2.46. The molecule has 0 aromatic carbocycles. The van der Waals surface area contributed by atoms with Gasteiger partial charge in [0.1, 0.15) is 5.60 Å². The molecule has 1 N–H and O–H groups in total. The maximum Gasteiger partial charge on any atom is 0.105 e. The summed E-state index contributed by atoms with van der Waals surface area (Å²) in [5.74, 6) is 0. The van der Waals surface area contributed by atoms with Crippen LogP contribution in [0.4, 0.5) is 0 Å². The SMILES string of the molecule is Cc1cc2c(s1)C1(CCNCC1)OC(C)C2. The number of fused-ring (bicyclic) bond motifs is 2. The number of hydrogen-bond acceptors (Lipinski definition) is 3. The normalized spacial score (nSPS) is 28.0. The van der Waals surface area contributed by atoms with Crippen LogP contribution >= 0.6 is 11.3 Å². The summed E-state index contributed by atoms with van der Waals surface area (Å²) in [7, 11) is 0. The number of piperidine rings is 1. The number of rotatable bonds is 0. The van der Waals surface area contributed by atoms with Gasteiger partial charge in [-0.15, -0.1) is 11.3 Å². The van der Waals surface area contributed by atoms with Gasteiger partial charge in [-0.3, -0.25) is 0 Å². The van der Waals surface area contributed by atoms with E-state index in [0.717, 1.165) is 32.4 Å². The van der Waals surface area contributed by atoms with E-state index >= 15 is 0 Å². The van der Waals surface area contributed by atoms with E-state index in [1.807, 2.05) is 11.3 Å². The van der Waals surface area contributed by atoms with Gasteiger partial charge in [0.2, 0.25) is 0 Å². The quantitative estimate of drug-likeness (QED) is 0.749. The van der Waals surface area contributed by atoms with Gasteiger partial charge in [-0.05, 0) is 57.8 Å². The number of ether oxygens (including phenoxy) is 1. The lowest BCUT2D eigenvalue weighted by molar-refractivity contribution is -0.117. The van der Waals surface area contributed by atoms with E-state index in [2.05, 4.69) is 25.2 Å². The van der Waals surface area contributed by atoms with Gasteiger partial charge >= 0.3 is 0 Å². The molecule has 1 fully saturated rings. The highest BCUT2D eigenvalue weighted by atomic mass is 32.1. The molecule has 3 heteroatoms. The Morgan fingerprint density at radius 1 is 1.44 bits per heavy atom. The predicted molar refractivity (Wildman–Crippen MR) is 67.1 cm³/mol. The van der Waals surface area contributed by atoms with E-state index in [-0.39, 0.29) is 5.60 Å². The molecule has 0 amide bonds. The zero-order valence-electron chi connectivity index (χ0n) is 10.0. The topological polar surface area (TPSA) is 21.3 Å². The first-order chi connectivity index (χ1) is 7.70. The molecule has 2 nitrogen and oxygen atoms in total. The van der Waals surface area contributed by atoms with Gasteiger partial charge in [-0.25, -0.2) is 0 Å². The number of thiophene rings is 1. The number of aryl methyl sites for hydroxylation is 1. The molecule has 1 unspecified atom stereocenters. The van der Waals surface area contributed by atoms with Crippen molar-refractivity contribution in [2.75, 3.05) is 13.1 Å². The van der Waals surface area contributed by atoms with Crippen molar-refractivity contribution in [3.05, 3.63) is 21.4 Å². The number of hydrogen-bond donors (Lipinski definition) is 1. The van der Waals surface area contributed by atoms with Crippen molar-refractivity contribution in [2.24, 2.45) is 0 Å². The average Bonchev–Trinajstić information content (AvgIpc) is 2.60. The van der Waals surface area contributed by atoms with Crippen molar-refractivity contribution in [1.82, 2.24) is 5.32 Å². The standard InChI is InChI=1S/C13H19NOS/c1-9-7-11-8-10(2)16-12(11)13(15-9)3-5-14-6-4-13/h8-9,14H,3-7H2,1-2H3. The molecule has 88 valence electrons. The first-order valence-electron chi connectivity index (χ1n) is 6.18. The second-order valence-electron chi connectivity index (χ2n) is 5.09. The van der Waals surface area contributed by atoms with E-state index in [4.69, 9.17) is 4.74 Å². The van der Waals surface area contributed by atoms with E-state index in [1.54, 1.807) is 5.56 Å². The molecule has 2 aliphatic rings. The van der Waals surface area contributed by atoms with Gasteiger partial charge in [0.05, 0.1) is 6.10 Å². The fourth-order valence-corrected chi connectivity index (χ4v) is 4.30. The lowest BCUT2D eigenvalue weighted by atomic mass is 9.84. The maximum atomic E-state index is 6.32. The van der Waals surface area contributed by atoms with Crippen LogP contribution in [0.3, 0.4) is 0 Å². The first kappa shape index (κ1) is 10.8. The van der Waals surface area contributed by atoms with E-state index in [0.29, 0.717) is 6.10 Å². The Bertz CT molecular complexity index is 393. The molecule has 0 bridgehead atoms. The van der Waals surface area contributed by atoms with Gasteiger partial charge in [0, 0.05) is 9.75 Å². The van der Waals surface area contributed by atoms with Crippen LogP contribution in [0.15, 0.2) is 6.07 Å². The van der Waals surface area contributed by atoms with Crippen LogP contribution in [0.25, 0.3) is 0 Å². The van der Waals surface area contributed by atoms with Crippen LogP contribution in [0.2, 0.25) is 0 Å². The van der Waals surface area contributed by atoms with Crippen molar-refractivity contribution < 1.29 is 4.74 Å². The smallest absolute Gasteiger partial charge is 0.105 e. The van der Waals surface area contributed by atoms with Gasteiger partial charge in [0.25, 0.3) is 0 Å². The highest BCUT2D eigenvalue weighted by Gasteiger charge is 2.42. The fourth-order valence-electron chi connectivity index (χ4n) is 3.07. The zero-order valence-corrected chi connectivity index (χ0v) is 10.8. The summed E-state index contributed by atoms with van der Waals surface area (Å²) in [6, 6.07) is 2.36. The molecule has 1 aromatic rings. The van der Waals surface area contributed by atoms with Crippen molar-refractivity contribution in [1.29, 1.82) is 0 Å². The van der Waals surface area contributed by atoms with E-state index < -0.39 is 0 Å². The highest BCUT2D eigenvalue weighted by molar-refractivity contribution is 7.12. The molecule has 3 heterocycles. The second-order valence-corrected chi connectivity index (χ2v) is 6.34. The largest absolute Gasteiger partial charge is 0.366 e. The summed E-state index contributed by atoms with van der Waals surface area (Å²) in [5, 5.41) is 3.43. The summed E-state index contributed by atoms with van der Waals surface area (Å²) in [5.41, 5.74) is 1.58. The molecule has 0 radical (unpaired) electrons. The van der Waals surface area contributed by atoms with Gasteiger partial charge in [-0.1, -0.05) is 0 Å². The van der Waals surface area contributed by atoms with E-state index in [1.165, 1.54) is 9.75 Å². The molecule has 1 aromatic heterocycles. The summed E-state index contributed by atoms with van der Waals surface area (Å²) in [4.78, 5) is 2.95. The molecule has 1 atom stereocenters. The third-order valence-corrected chi connectivity index (χ3v) is 4.97. The van der Waals surface area contributed by atoms with Crippen LogP contribution in [-0.4, -0.2) is 19.2 Å². The van der Waals surface area contributed by atoms with Gasteiger partial charge in [0.15, 0.2) is 0 Å². The molecule has 1 saturated heterocycles. The van der Waals surface area contributed by atoms with E-state index in [9.17, 15) is 0 Å². The average molecular weight is 237 g/mol. The molecule has 2 aliphatic heterocycles. The first-order valence-corrected chi connectivity index (χ1v) is 7.00. The third-order valence-electron chi connectivity index (χ3n) is 3.69. The number of nitrogens with one attached hydrogen (secondary N) is 1. The Hall–Kier alpha value is -0.380. The Morgan fingerprint density at radius 3 is 2.94 bits per heavy atom. The molecule has 3 rings (SSSR count). The molecule has 16 heavy (non-hydrogen) atoms. The van der Waals surface area contributed by atoms with Crippen molar-refractivity contribution in [3.8, 4) is 0 Å². The summed E-state index contributed by atoms with van der Waals surface area (Å²) in [6.45, 7) is 6.59. The molecule has 1 spiro atoms. The lowest BCUT2D eigenvalue weighted by Gasteiger charge is -2.43. The Balaban J connectivity index is 2.04. The van der Waals surface area contributed by atoms with Crippen molar-refractivity contribution in [3.63, 3.8) is 0 Å². The minimum absolute atomic E-state index is 0.0389. The van der Waals surface area contributed by atoms with Crippen LogP contribution in [0.5, 0.6) is 0 Å². The van der Waals surface area contributed by atoms with Crippen molar-refractivity contribution in [2.45, 2.75) is 44.8 Å². The molecular formula is C13H19NOS. The van der Waals surface area contributed by atoms with Gasteiger partial charge < -0.3 is 10.1 Å². The minimum atomic E-state index is 0.0389. The summed E-state index contributed by atoms with van der Waals surface area (Å²) in [6.07, 6.45) is 3.73. The third kappa shape index (κ3) is 1.62. The minimum Gasteiger partial charge on any atom is -0.366 e. The zero-order chi connectivity index (χ0) is 11.2. The van der Waals surface area contributed by atoms with Crippen LogP contribution in [-0.2, 0) is 16.8 Å². The van der Waals surface area contributed by atoms with Crippen molar-refractivity contribution >= 4 is 11.3 Å². The Morgan fingerprint density at radius 2 is 2.19 bits per heavy atom. The van der Waals surface area contributed by atoms with Gasteiger partial charge in [-0.2, -0.15) is 0 Å². The Kier molecular flexibility index (Phi) is 2.57. The molecule has 0 aliphatic carbocycles. The highest BCUT2D eigenvalue weighted by Crippen LogP contribution is 2.45. The fraction of sp³-hybridized carbons (Fsp3) is 0.692. The summed E-state index contributed by atoms with van der Waals surface area (Å²) >= 11 is 1.94.